The van der Waals surface area contributed by atoms with Crippen LogP contribution in [0.25, 0.3) is 5.78 Å². The second-order valence-corrected chi connectivity index (χ2v) is 10.1. The number of anilines is 1. The first-order valence-electron chi connectivity index (χ1n) is 10.1. The number of aryl methyl sites for hydroxylation is 2. The van der Waals surface area contributed by atoms with E-state index in [2.05, 4.69) is 20.4 Å². The van der Waals surface area contributed by atoms with Crippen LogP contribution in [0.1, 0.15) is 17.0 Å². The molecule has 0 aliphatic carbocycles. The molecule has 1 aliphatic heterocycles. The van der Waals surface area contributed by atoms with E-state index in [9.17, 15) is 17.6 Å². The quantitative estimate of drug-likeness (QED) is 0.516. The highest BCUT2D eigenvalue weighted by molar-refractivity contribution is 7.98. The molecule has 176 valence electrons. The molecule has 0 unspecified atom stereocenters. The second-order valence-electron chi connectivity index (χ2n) is 7.46. The third kappa shape index (κ3) is 4.71. The van der Waals surface area contributed by atoms with E-state index in [1.165, 1.54) is 22.1 Å². The number of ether oxygens (including phenoxy) is 1. The molecule has 13 heteroatoms. The van der Waals surface area contributed by atoms with Gasteiger partial charge in [0.2, 0.25) is 21.1 Å². The molecule has 4 rings (SSSR count). The van der Waals surface area contributed by atoms with Gasteiger partial charge in [0.1, 0.15) is 10.7 Å². The predicted octanol–water partition coefficient (Wildman–Crippen LogP) is 1.80. The monoisotopic (exact) mass is 494 g/mol. The van der Waals surface area contributed by atoms with Crippen molar-refractivity contribution in [2.75, 3.05) is 37.9 Å². The van der Waals surface area contributed by atoms with Gasteiger partial charge in [-0.3, -0.25) is 4.79 Å². The zero-order valence-electron chi connectivity index (χ0n) is 18.3. The van der Waals surface area contributed by atoms with E-state index in [4.69, 9.17) is 4.74 Å². The predicted molar refractivity (Wildman–Crippen MR) is 120 cm³/mol. The molecule has 0 saturated carbocycles. The normalized spacial score (nSPS) is 15.2. The number of sulfonamides is 1. The smallest absolute Gasteiger partial charge is 0.253 e. The Hall–Kier alpha value is -2.61. The lowest BCUT2D eigenvalue weighted by Gasteiger charge is -2.26. The van der Waals surface area contributed by atoms with Gasteiger partial charge in [-0.1, -0.05) is 11.8 Å². The molecule has 1 amide bonds. The summed E-state index contributed by atoms with van der Waals surface area (Å²) in [5.41, 5.74) is 2.24. The van der Waals surface area contributed by atoms with Gasteiger partial charge in [0.05, 0.1) is 19.6 Å². The van der Waals surface area contributed by atoms with E-state index < -0.39 is 26.6 Å². The first-order chi connectivity index (χ1) is 15.7. The molecule has 0 spiro atoms. The summed E-state index contributed by atoms with van der Waals surface area (Å²) in [7, 11) is -4.05. The molecule has 0 atom stereocenters. The zero-order valence-corrected chi connectivity index (χ0v) is 20.0. The lowest BCUT2D eigenvalue weighted by molar-refractivity contribution is -0.115. The van der Waals surface area contributed by atoms with Crippen molar-refractivity contribution in [3.8, 4) is 0 Å². The number of nitrogens with zero attached hydrogens (tertiary/aromatic N) is 5. The summed E-state index contributed by atoms with van der Waals surface area (Å²) < 4.78 is 48.1. The maximum atomic E-state index is 14.4. The molecule has 1 aliphatic rings. The Morgan fingerprint density at radius 2 is 1.97 bits per heavy atom. The van der Waals surface area contributed by atoms with Crippen LogP contribution < -0.4 is 5.32 Å². The van der Waals surface area contributed by atoms with Crippen molar-refractivity contribution < 1.29 is 22.3 Å². The van der Waals surface area contributed by atoms with E-state index in [1.54, 1.807) is 11.4 Å². The van der Waals surface area contributed by atoms with E-state index in [0.29, 0.717) is 22.2 Å². The number of benzene rings is 1. The van der Waals surface area contributed by atoms with Crippen molar-refractivity contribution >= 4 is 39.2 Å². The van der Waals surface area contributed by atoms with Crippen molar-refractivity contribution in [3.05, 3.63) is 41.0 Å². The van der Waals surface area contributed by atoms with Crippen LogP contribution in [-0.4, -0.2) is 70.8 Å². The van der Waals surface area contributed by atoms with Crippen LogP contribution in [-0.2, 0) is 26.0 Å². The number of carbonyl (C=O) groups is 1. The third-order valence-corrected chi connectivity index (χ3v) is 7.80. The van der Waals surface area contributed by atoms with Crippen LogP contribution in [0.2, 0.25) is 0 Å². The maximum absolute atomic E-state index is 14.4. The average molecular weight is 495 g/mol. The van der Waals surface area contributed by atoms with Crippen LogP contribution in [0.5, 0.6) is 0 Å². The molecule has 3 heterocycles. The van der Waals surface area contributed by atoms with Gasteiger partial charge >= 0.3 is 0 Å². The second kappa shape index (κ2) is 9.33. The highest BCUT2D eigenvalue weighted by atomic mass is 32.2. The van der Waals surface area contributed by atoms with E-state index in [0.717, 1.165) is 17.8 Å². The third-order valence-electron chi connectivity index (χ3n) is 5.35. The zero-order chi connectivity index (χ0) is 23.8. The highest BCUT2D eigenvalue weighted by Crippen LogP contribution is 2.24. The Labute approximate surface area is 194 Å². The average Bonchev–Trinajstić information content (AvgIpc) is 3.21. The fourth-order valence-corrected chi connectivity index (χ4v) is 5.44. The standard InChI is InChI=1S/C20H23FN6O4S2/c1-12-15(13(2)27-19(22-12)24-20(25-27)32-3)11-18(28)23-14-4-5-16(21)17(10-14)33(29,30)26-6-8-31-9-7-26/h4-5,10H,6-9,11H2,1-3H3,(H,23,28). The van der Waals surface area contributed by atoms with Gasteiger partial charge in [0.15, 0.2) is 0 Å². The molecule has 0 radical (unpaired) electrons. The van der Waals surface area contributed by atoms with Gasteiger partial charge in [0, 0.05) is 35.7 Å². The molecule has 1 fully saturated rings. The minimum absolute atomic E-state index is 0.0159. The molecular weight excluding hydrogens is 471 g/mol. The molecule has 1 aromatic carbocycles. The number of hydrogen-bond acceptors (Lipinski definition) is 8. The lowest BCUT2D eigenvalue weighted by Crippen LogP contribution is -2.40. The van der Waals surface area contributed by atoms with Crippen LogP contribution >= 0.6 is 11.8 Å². The summed E-state index contributed by atoms with van der Waals surface area (Å²) in [6.07, 6.45) is 1.85. The fourth-order valence-electron chi connectivity index (χ4n) is 3.60. The van der Waals surface area contributed by atoms with Crippen LogP contribution in [0.15, 0.2) is 28.3 Å². The van der Waals surface area contributed by atoms with Crippen molar-refractivity contribution in [1.82, 2.24) is 23.9 Å². The molecule has 3 aromatic rings. The first-order valence-corrected chi connectivity index (χ1v) is 12.8. The molecule has 2 aromatic heterocycles. The first kappa shape index (κ1) is 23.5. The number of rotatable bonds is 6. The highest BCUT2D eigenvalue weighted by Gasteiger charge is 2.29. The number of morpholine rings is 1. The number of amides is 1. The molecule has 10 nitrogen and oxygen atoms in total. The van der Waals surface area contributed by atoms with E-state index in [1.807, 2.05) is 13.2 Å². The van der Waals surface area contributed by atoms with Gasteiger partial charge < -0.3 is 10.1 Å². The van der Waals surface area contributed by atoms with Crippen LogP contribution in [0.4, 0.5) is 10.1 Å². The Bertz CT molecular complexity index is 1320. The Morgan fingerprint density at radius 3 is 2.67 bits per heavy atom. The van der Waals surface area contributed by atoms with Gasteiger partial charge in [-0.2, -0.15) is 9.29 Å². The van der Waals surface area contributed by atoms with Crippen molar-refractivity contribution in [3.63, 3.8) is 0 Å². The minimum Gasteiger partial charge on any atom is -0.379 e. The van der Waals surface area contributed by atoms with Gasteiger partial charge in [-0.25, -0.2) is 22.3 Å². The topological polar surface area (TPSA) is 119 Å². The Kier molecular flexibility index (Phi) is 6.66. The van der Waals surface area contributed by atoms with E-state index in [-0.39, 0.29) is 38.4 Å². The summed E-state index contributed by atoms with van der Waals surface area (Å²) in [6, 6.07) is 3.50. The number of carbonyl (C=O) groups excluding carboxylic acids is 1. The van der Waals surface area contributed by atoms with Crippen LogP contribution in [0.3, 0.4) is 0 Å². The van der Waals surface area contributed by atoms with Gasteiger partial charge in [-0.15, -0.1) is 5.10 Å². The number of nitrogens with one attached hydrogen (secondary N) is 1. The van der Waals surface area contributed by atoms with Crippen molar-refractivity contribution in [1.29, 1.82) is 0 Å². The number of aromatic nitrogens is 4. The Morgan fingerprint density at radius 1 is 1.24 bits per heavy atom. The minimum atomic E-state index is -4.05. The van der Waals surface area contributed by atoms with E-state index >= 15 is 0 Å². The number of fused-ring (bicyclic) bond motifs is 1. The number of hydrogen-bond donors (Lipinski definition) is 1. The largest absolute Gasteiger partial charge is 0.379 e. The summed E-state index contributed by atoms with van der Waals surface area (Å²) in [6.45, 7) is 4.40. The van der Waals surface area contributed by atoms with Crippen molar-refractivity contribution in [2.24, 2.45) is 0 Å². The molecule has 1 N–H and O–H groups in total. The maximum Gasteiger partial charge on any atom is 0.253 e. The molecule has 33 heavy (non-hydrogen) atoms. The molecule has 1 saturated heterocycles. The SMILES string of the molecule is CSc1nc2nc(C)c(CC(=O)Nc3ccc(F)c(S(=O)(=O)N4CCOCC4)c3)c(C)n2n1. The number of halogens is 1. The summed E-state index contributed by atoms with van der Waals surface area (Å²) in [5, 5.41) is 7.61. The summed E-state index contributed by atoms with van der Waals surface area (Å²) in [5.74, 6) is -0.819. The summed E-state index contributed by atoms with van der Waals surface area (Å²) >= 11 is 1.39. The fraction of sp³-hybridized carbons (Fsp3) is 0.400. The lowest BCUT2D eigenvalue weighted by atomic mass is 10.1. The summed E-state index contributed by atoms with van der Waals surface area (Å²) in [4.78, 5) is 21.0. The van der Waals surface area contributed by atoms with Gasteiger partial charge in [-0.05, 0) is 38.3 Å². The molecular formula is C20H23FN6O4S2. The number of thioether (sulfide) groups is 1. The molecule has 0 bridgehead atoms. The van der Waals surface area contributed by atoms with Gasteiger partial charge in [0.25, 0.3) is 5.78 Å². The van der Waals surface area contributed by atoms with Crippen LogP contribution in [0, 0.1) is 19.7 Å². The Balaban J connectivity index is 1.56. The van der Waals surface area contributed by atoms with Crippen molar-refractivity contribution in [2.45, 2.75) is 30.3 Å².